The van der Waals surface area contributed by atoms with Crippen molar-refractivity contribution >= 4 is 15.9 Å². The number of hydrogen-bond acceptors (Lipinski definition) is 3. The van der Waals surface area contributed by atoms with E-state index in [1.54, 1.807) is 18.3 Å². The van der Waals surface area contributed by atoms with Crippen LogP contribution in [0.25, 0.3) is 0 Å². The standard InChI is InChI=1S/C11H17BrN2O2/c1-2-5-13-7-9(15)8-14-6-3-4-10(12)11(14)16/h3-4,6,9,13,15H,2,5,7-8H2,1H3. The van der Waals surface area contributed by atoms with Crippen LogP contribution < -0.4 is 10.9 Å². The summed E-state index contributed by atoms with van der Waals surface area (Å²) in [6.07, 6.45) is 2.17. The van der Waals surface area contributed by atoms with Crippen molar-refractivity contribution in [1.82, 2.24) is 9.88 Å². The Labute approximate surface area is 103 Å². The topological polar surface area (TPSA) is 54.3 Å². The van der Waals surface area contributed by atoms with Crippen LogP contribution in [0.4, 0.5) is 0 Å². The Morgan fingerprint density at radius 2 is 2.38 bits per heavy atom. The summed E-state index contributed by atoms with van der Waals surface area (Å²) >= 11 is 3.17. The third-order valence-electron chi connectivity index (χ3n) is 2.19. The first-order valence-corrected chi connectivity index (χ1v) is 6.18. The van der Waals surface area contributed by atoms with Crippen LogP contribution in [-0.4, -0.2) is 28.9 Å². The zero-order valence-corrected chi connectivity index (χ0v) is 10.9. The molecule has 0 aromatic carbocycles. The zero-order chi connectivity index (χ0) is 12.0. The largest absolute Gasteiger partial charge is 0.390 e. The van der Waals surface area contributed by atoms with Gasteiger partial charge in [0.2, 0.25) is 0 Å². The number of halogens is 1. The molecule has 1 unspecified atom stereocenters. The number of pyridine rings is 1. The summed E-state index contributed by atoms with van der Waals surface area (Å²) < 4.78 is 2.02. The highest BCUT2D eigenvalue weighted by atomic mass is 79.9. The second kappa shape index (κ2) is 6.83. The molecule has 0 fully saturated rings. The number of aromatic nitrogens is 1. The molecule has 90 valence electrons. The number of rotatable bonds is 6. The van der Waals surface area contributed by atoms with Crippen LogP contribution in [0.3, 0.4) is 0 Å². The van der Waals surface area contributed by atoms with Crippen molar-refractivity contribution in [2.75, 3.05) is 13.1 Å². The summed E-state index contributed by atoms with van der Waals surface area (Å²) in [5.41, 5.74) is -0.114. The molecule has 1 aromatic rings. The van der Waals surface area contributed by atoms with Crippen LogP contribution in [-0.2, 0) is 6.54 Å². The maximum Gasteiger partial charge on any atom is 0.264 e. The highest BCUT2D eigenvalue weighted by Crippen LogP contribution is 2.01. The maximum atomic E-state index is 11.6. The third kappa shape index (κ3) is 4.08. The summed E-state index contributed by atoms with van der Waals surface area (Å²) in [4.78, 5) is 11.6. The van der Waals surface area contributed by atoms with Crippen molar-refractivity contribution in [2.45, 2.75) is 26.0 Å². The molecule has 1 heterocycles. The molecule has 5 heteroatoms. The van der Waals surface area contributed by atoms with Crippen LogP contribution in [0.15, 0.2) is 27.6 Å². The fraction of sp³-hybridized carbons (Fsp3) is 0.545. The molecule has 0 saturated heterocycles. The van der Waals surface area contributed by atoms with Gasteiger partial charge in [0.25, 0.3) is 5.56 Å². The molecule has 0 aliphatic rings. The van der Waals surface area contributed by atoms with Crippen LogP contribution in [0, 0.1) is 0 Å². The summed E-state index contributed by atoms with van der Waals surface area (Å²) in [6, 6.07) is 3.47. The first-order valence-electron chi connectivity index (χ1n) is 5.39. The molecule has 0 amide bonds. The van der Waals surface area contributed by atoms with Gasteiger partial charge < -0.3 is 15.0 Å². The van der Waals surface area contributed by atoms with E-state index in [4.69, 9.17) is 0 Å². The van der Waals surface area contributed by atoms with Crippen LogP contribution in [0.5, 0.6) is 0 Å². The summed E-state index contributed by atoms with van der Waals surface area (Å²) in [5, 5.41) is 12.8. The van der Waals surface area contributed by atoms with Gasteiger partial charge >= 0.3 is 0 Å². The molecule has 1 rings (SSSR count). The lowest BCUT2D eigenvalue weighted by atomic mass is 10.3. The minimum Gasteiger partial charge on any atom is -0.390 e. The number of nitrogens with one attached hydrogen (secondary N) is 1. The summed E-state index contributed by atoms with van der Waals surface area (Å²) in [6.45, 7) is 3.77. The van der Waals surface area contributed by atoms with Crippen molar-refractivity contribution in [1.29, 1.82) is 0 Å². The van der Waals surface area contributed by atoms with E-state index in [2.05, 4.69) is 28.2 Å². The number of aliphatic hydroxyl groups excluding tert-OH is 1. The molecule has 0 radical (unpaired) electrons. The molecule has 0 aliphatic carbocycles. The molecule has 4 nitrogen and oxygen atoms in total. The van der Waals surface area contributed by atoms with Gasteiger partial charge in [0.15, 0.2) is 0 Å². The van der Waals surface area contributed by atoms with Gasteiger partial charge in [-0.15, -0.1) is 0 Å². The third-order valence-corrected chi connectivity index (χ3v) is 2.79. The quantitative estimate of drug-likeness (QED) is 0.767. The van der Waals surface area contributed by atoms with Gasteiger partial charge in [0.05, 0.1) is 17.1 Å². The number of aliphatic hydroxyl groups is 1. The molecule has 1 atom stereocenters. The number of hydrogen-bond donors (Lipinski definition) is 2. The van der Waals surface area contributed by atoms with Gasteiger partial charge in [0, 0.05) is 12.7 Å². The van der Waals surface area contributed by atoms with E-state index >= 15 is 0 Å². The predicted octanol–water partition coefficient (Wildman–Crippen LogP) is 0.971. The molecule has 0 bridgehead atoms. The summed E-state index contributed by atoms with van der Waals surface area (Å²) in [7, 11) is 0. The minimum absolute atomic E-state index is 0.114. The number of nitrogens with zero attached hydrogens (tertiary/aromatic N) is 1. The lowest BCUT2D eigenvalue weighted by Gasteiger charge is -2.13. The van der Waals surface area contributed by atoms with Gasteiger partial charge in [0.1, 0.15) is 0 Å². The highest BCUT2D eigenvalue weighted by Gasteiger charge is 2.06. The van der Waals surface area contributed by atoms with Crippen LogP contribution in [0.2, 0.25) is 0 Å². The Balaban J connectivity index is 2.53. The monoisotopic (exact) mass is 288 g/mol. The first kappa shape index (κ1) is 13.4. The fourth-order valence-corrected chi connectivity index (χ4v) is 1.77. The second-order valence-corrected chi connectivity index (χ2v) is 4.53. The highest BCUT2D eigenvalue weighted by molar-refractivity contribution is 9.10. The Hall–Kier alpha value is -0.650. The molecule has 1 aromatic heterocycles. The second-order valence-electron chi connectivity index (χ2n) is 3.67. The Morgan fingerprint density at radius 1 is 1.62 bits per heavy atom. The molecule has 0 aliphatic heterocycles. The summed E-state index contributed by atoms with van der Waals surface area (Å²) in [5.74, 6) is 0. The van der Waals surface area contributed by atoms with Crippen LogP contribution in [0.1, 0.15) is 13.3 Å². The van der Waals surface area contributed by atoms with Crippen molar-refractivity contribution in [2.24, 2.45) is 0 Å². The van der Waals surface area contributed by atoms with Crippen molar-refractivity contribution in [3.63, 3.8) is 0 Å². The average molecular weight is 289 g/mol. The molecular weight excluding hydrogens is 272 g/mol. The molecule has 2 N–H and O–H groups in total. The Morgan fingerprint density at radius 3 is 3.06 bits per heavy atom. The normalized spacial score (nSPS) is 12.7. The Bertz CT molecular complexity index is 378. The van der Waals surface area contributed by atoms with E-state index in [9.17, 15) is 9.90 Å². The van der Waals surface area contributed by atoms with Crippen molar-refractivity contribution < 1.29 is 5.11 Å². The fourth-order valence-electron chi connectivity index (χ4n) is 1.39. The van der Waals surface area contributed by atoms with Gasteiger partial charge in [-0.2, -0.15) is 0 Å². The van der Waals surface area contributed by atoms with Gasteiger partial charge in [-0.25, -0.2) is 0 Å². The van der Waals surface area contributed by atoms with E-state index < -0.39 is 6.10 Å². The van der Waals surface area contributed by atoms with Crippen LogP contribution >= 0.6 is 15.9 Å². The van der Waals surface area contributed by atoms with E-state index in [0.717, 1.165) is 13.0 Å². The molecule has 0 spiro atoms. The average Bonchev–Trinajstić information content (AvgIpc) is 2.25. The van der Waals surface area contributed by atoms with E-state index in [0.29, 0.717) is 17.6 Å². The molecule has 0 saturated carbocycles. The minimum atomic E-state index is -0.543. The van der Waals surface area contributed by atoms with Gasteiger partial charge in [-0.05, 0) is 41.0 Å². The van der Waals surface area contributed by atoms with Gasteiger partial charge in [-0.3, -0.25) is 4.79 Å². The van der Waals surface area contributed by atoms with Crippen molar-refractivity contribution in [3.8, 4) is 0 Å². The van der Waals surface area contributed by atoms with E-state index in [1.807, 2.05) is 0 Å². The predicted molar refractivity (Wildman–Crippen MR) is 67.6 cm³/mol. The van der Waals surface area contributed by atoms with E-state index in [1.165, 1.54) is 4.57 Å². The first-order chi connectivity index (χ1) is 7.65. The lowest BCUT2D eigenvalue weighted by molar-refractivity contribution is 0.150. The SMILES string of the molecule is CCCNCC(O)Cn1cccc(Br)c1=O. The van der Waals surface area contributed by atoms with Gasteiger partial charge in [-0.1, -0.05) is 6.92 Å². The zero-order valence-electron chi connectivity index (χ0n) is 9.32. The smallest absolute Gasteiger partial charge is 0.264 e. The Kier molecular flexibility index (Phi) is 5.73. The molecule has 16 heavy (non-hydrogen) atoms. The molecular formula is C11H17BrN2O2. The lowest BCUT2D eigenvalue weighted by Crippen LogP contribution is -2.34. The maximum absolute atomic E-state index is 11.6. The van der Waals surface area contributed by atoms with Crippen molar-refractivity contribution in [3.05, 3.63) is 33.2 Å². The van der Waals surface area contributed by atoms with E-state index in [-0.39, 0.29) is 5.56 Å².